The van der Waals surface area contributed by atoms with E-state index in [4.69, 9.17) is 4.74 Å². The highest BCUT2D eigenvalue weighted by molar-refractivity contribution is 5.86. The summed E-state index contributed by atoms with van der Waals surface area (Å²) < 4.78 is 6.32. The van der Waals surface area contributed by atoms with Crippen molar-refractivity contribution in [1.29, 1.82) is 0 Å². The molecule has 0 heterocycles. The zero-order valence-electron chi connectivity index (χ0n) is 13.0. The maximum atomic E-state index is 11.4. The van der Waals surface area contributed by atoms with Gasteiger partial charge in [-0.1, -0.05) is 27.4 Å². The number of esters is 1. The predicted molar refractivity (Wildman–Crippen MR) is 76.4 cm³/mol. The van der Waals surface area contributed by atoms with Gasteiger partial charge in [-0.2, -0.15) is 0 Å². The smallest absolute Gasteiger partial charge is 0.333 e. The molecule has 4 heteroatoms. The average Bonchev–Trinajstić information content (AvgIpc) is 2.29. The Morgan fingerprint density at radius 2 is 1.42 bits per heavy atom. The molecule has 0 aromatic carbocycles. The van der Waals surface area contributed by atoms with Crippen molar-refractivity contribution in [2.75, 3.05) is 32.8 Å². The molecule has 0 bridgehead atoms. The molecule has 0 saturated carbocycles. The standard InChI is InChI=1S/C15H30NO2.ClH/c1-6-9-16(10-7-2,11-8-3)12-13-18-15(17)14(4)5;/h4,6-13H2,1-3,5H3;1H/q+1;/p-1. The van der Waals surface area contributed by atoms with Crippen molar-refractivity contribution in [2.24, 2.45) is 0 Å². The van der Waals surface area contributed by atoms with Gasteiger partial charge in [0.05, 0.1) is 19.6 Å². The summed E-state index contributed by atoms with van der Waals surface area (Å²) in [6.07, 6.45) is 3.53. The summed E-state index contributed by atoms with van der Waals surface area (Å²) in [6, 6.07) is 0. The first-order valence-electron chi connectivity index (χ1n) is 7.19. The Labute approximate surface area is 125 Å². The minimum Gasteiger partial charge on any atom is -1.00 e. The number of hydrogen-bond donors (Lipinski definition) is 0. The molecular formula is C15H30ClNO2. The summed E-state index contributed by atoms with van der Waals surface area (Å²) in [5.74, 6) is -0.266. The molecular weight excluding hydrogens is 262 g/mol. The van der Waals surface area contributed by atoms with Gasteiger partial charge in [0.25, 0.3) is 0 Å². The van der Waals surface area contributed by atoms with Crippen LogP contribution in [0.15, 0.2) is 12.2 Å². The van der Waals surface area contributed by atoms with E-state index in [1.807, 2.05) is 0 Å². The molecule has 0 aromatic rings. The number of quaternary nitrogens is 1. The Bertz CT molecular complexity index is 250. The Morgan fingerprint density at radius 1 is 1.00 bits per heavy atom. The van der Waals surface area contributed by atoms with Crippen molar-refractivity contribution < 1.29 is 26.4 Å². The van der Waals surface area contributed by atoms with Gasteiger partial charge < -0.3 is 21.6 Å². The van der Waals surface area contributed by atoms with Crippen molar-refractivity contribution in [3.63, 3.8) is 0 Å². The fourth-order valence-corrected chi connectivity index (χ4v) is 2.55. The van der Waals surface area contributed by atoms with Crippen LogP contribution >= 0.6 is 0 Å². The highest BCUT2D eigenvalue weighted by atomic mass is 35.5. The van der Waals surface area contributed by atoms with Crippen molar-refractivity contribution in [3.8, 4) is 0 Å². The van der Waals surface area contributed by atoms with Gasteiger partial charge in [-0.15, -0.1) is 0 Å². The third-order valence-electron chi connectivity index (χ3n) is 3.24. The van der Waals surface area contributed by atoms with Gasteiger partial charge in [0.2, 0.25) is 0 Å². The summed E-state index contributed by atoms with van der Waals surface area (Å²) in [4.78, 5) is 11.4. The van der Waals surface area contributed by atoms with Crippen LogP contribution in [0.5, 0.6) is 0 Å². The summed E-state index contributed by atoms with van der Waals surface area (Å²) in [6.45, 7) is 16.9. The monoisotopic (exact) mass is 291 g/mol. The number of rotatable bonds is 10. The van der Waals surface area contributed by atoms with Crippen LogP contribution in [0.25, 0.3) is 0 Å². The number of ether oxygens (including phenoxy) is 1. The van der Waals surface area contributed by atoms with Crippen molar-refractivity contribution in [2.45, 2.75) is 47.0 Å². The maximum absolute atomic E-state index is 11.4. The molecule has 0 rings (SSSR count). The van der Waals surface area contributed by atoms with Crippen molar-refractivity contribution in [3.05, 3.63) is 12.2 Å². The van der Waals surface area contributed by atoms with E-state index in [0.717, 1.165) is 11.0 Å². The lowest BCUT2D eigenvalue weighted by Gasteiger charge is -2.38. The zero-order valence-corrected chi connectivity index (χ0v) is 13.8. The molecule has 19 heavy (non-hydrogen) atoms. The van der Waals surface area contributed by atoms with Gasteiger partial charge in [-0.3, -0.25) is 0 Å². The second-order valence-corrected chi connectivity index (χ2v) is 5.15. The summed E-state index contributed by atoms with van der Waals surface area (Å²) in [7, 11) is 0. The second kappa shape index (κ2) is 11.3. The third kappa shape index (κ3) is 8.27. The molecule has 0 spiro atoms. The molecule has 0 aliphatic rings. The number of halogens is 1. The molecule has 0 fully saturated rings. The Hall–Kier alpha value is -0.540. The molecule has 0 amide bonds. The van der Waals surface area contributed by atoms with E-state index < -0.39 is 0 Å². The van der Waals surface area contributed by atoms with Crippen molar-refractivity contribution in [1.82, 2.24) is 0 Å². The van der Waals surface area contributed by atoms with Gasteiger partial charge in [0.1, 0.15) is 13.2 Å². The highest BCUT2D eigenvalue weighted by Gasteiger charge is 2.24. The van der Waals surface area contributed by atoms with Crippen LogP contribution in [0.3, 0.4) is 0 Å². The minimum absolute atomic E-state index is 0. The fourth-order valence-electron chi connectivity index (χ4n) is 2.55. The van der Waals surface area contributed by atoms with Crippen LogP contribution in [-0.4, -0.2) is 43.2 Å². The molecule has 0 unspecified atom stereocenters. The normalized spacial score (nSPS) is 10.7. The molecule has 3 nitrogen and oxygen atoms in total. The van der Waals surface area contributed by atoms with Crippen LogP contribution in [0, 0.1) is 0 Å². The maximum Gasteiger partial charge on any atom is 0.333 e. The van der Waals surface area contributed by atoms with Gasteiger partial charge in [0.15, 0.2) is 0 Å². The van der Waals surface area contributed by atoms with Crippen LogP contribution in [0.1, 0.15) is 47.0 Å². The third-order valence-corrected chi connectivity index (χ3v) is 3.24. The molecule has 114 valence electrons. The number of nitrogens with zero attached hydrogens (tertiary/aromatic N) is 1. The molecule has 0 saturated heterocycles. The fraction of sp³-hybridized carbons (Fsp3) is 0.800. The lowest BCUT2D eigenvalue weighted by Crippen LogP contribution is -3.00. The molecule has 0 aliphatic carbocycles. The zero-order chi connectivity index (χ0) is 14.0. The molecule has 0 radical (unpaired) electrons. The predicted octanol–water partition coefficient (Wildman–Crippen LogP) is 0.157. The van der Waals surface area contributed by atoms with Crippen molar-refractivity contribution >= 4 is 5.97 Å². The molecule has 0 N–H and O–H groups in total. The lowest BCUT2D eigenvalue weighted by atomic mass is 10.2. The Balaban J connectivity index is 0. The lowest BCUT2D eigenvalue weighted by molar-refractivity contribution is -0.928. The topological polar surface area (TPSA) is 26.3 Å². The minimum atomic E-state index is -0.266. The van der Waals surface area contributed by atoms with E-state index >= 15 is 0 Å². The van der Waals surface area contributed by atoms with Crippen LogP contribution < -0.4 is 12.4 Å². The quantitative estimate of drug-likeness (QED) is 0.326. The van der Waals surface area contributed by atoms with E-state index in [9.17, 15) is 4.79 Å². The van der Waals surface area contributed by atoms with Crippen LogP contribution in [0.4, 0.5) is 0 Å². The average molecular weight is 292 g/mol. The first-order chi connectivity index (χ1) is 8.51. The molecule has 0 atom stereocenters. The van der Waals surface area contributed by atoms with Gasteiger partial charge >= 0.3 is 5.97 Å². The number of carbonyl (C=O) groups excluding carboxylic acids is 1. The summed E-state index contributed by atoms with van der Waals surface area (Å²) >= 11 is 0. The first-order valence-corrected chi connectivity index (χ1v) is 7.19. The van der Waals surface area contributed by atoms with E-state index in [1.165, 1.54) is 38.9 Å². The van der Waals surface area contributed by atoms with Crippen LogP contribution in [-0.2, 0) is 9.53 Å². The Morgan fingerprint density at radius 3 is 1.74 bits per heavy atom. The Kier molecular flexibility index (Phi) is 12.4. The van der Waals surface area contributed by atoms with E-state index in [0.29, 0.717) is 12.2 Å². The first kappa shape index (κ1) is 20.8. The van der Waals surface area contributed by atoms with E-state index in [-0.39, 0.29) is 18.4 Å². The van der Waals surface area contributed by atoms with E-state index in [1.54, 1.807) is 6.92 Å². The highest BCUT2D eigenvalue weighted by Crippen LogP contribution is 2.11. The van der Waals surface area contributed by atoms with Crippen LogP contribution in [0.2, 0.25) is 0 Å². The molecule has 0 aliphatic heterocycles. The second-order valence-electron chi connectivity index (χ2n) is 5.15. The number of hydrogen-bond acceptors (Lipinski definition) is 2. The van der Waals surface area contributed by atoms with Gasteiger partial charge in [0, 0.05) is 5.57 Å². The van der Waals surface area contributed by atoms with E-state index in [2.05, 4.69) is 27.4 Å². The SMILES string of the molecule is C=C(C)C(=O)OCC[N+](CCC)(CCC)CCC.[Cl-]. The van der Waals surface area contributed by atoms with Gasteiger partial charge in [-0.05, 0) is 26.2 Å². The van der Waals surface area contributed by atoms with Gasteiger partial charge in [-0.25, -0.2) is 4.79 Å². The molecule has 0 aromatic heterocycles. The summed E-state index contributed by atoms with van der Waals surface area (Å²) in [5.41, 5.74) is 0.481. The summed E-state index contributed by atoms with van der Waals surface area (Å²) in [5, 5.41) is 0. The number of carbonyl (C=O) groups is 1. The largest absolute Gasteiger partial charge is 1.00 e.